The van der Waals surface area contributed by atoms with E-state index < -0.39 is 0 Å². The molecule has 1 N–H and O–H groups in total. The fourth-order valence-electron chi connectivity index (χ4n) is 2.71. The standard InChI is InChI=1S/C12H21NO3/c14-8-2-5-10-4-1-7-13(10)12(15)11-6-3-9-16-11/h10-11,14H,1-9H2. The second-order valence-electron chi connectivity index (χ2n) is 4.70. The van der Waals surface area contributed by atoms with Crippen LogP contribution in [0.1, 0.15) is 38.5 Å². The van der Waals surface area contributed by atoms with Gasteiger partial charge in [-0.1, -0.05) is 0 Å². The van der Waals surface area contributed by atoms with Gasteiger partial charge in [-0.15, -0.1) is 0 Å². The highest BCUT2D eigenvalue weighted by Crippen LogP contribution is 2.25. The molecule has 0 aliphatic carbocycles. The minimum absolute atomic E-state index is 0.179. The van der Waals surface area contributed by atoms with Gasteiger partial charge in [0.2, 0.25) is 0 Å². The highest BCUT2D eigenvalue weighted by atomic mass is 16.5. The van der Waals surface area contributed by atoms with E-state index in [2.05, 4.69) is 0 Å². The molecule has 2 unspecified atom stereocenters. The van der Waals surface area contributed by atoms with Crippen LogP contribution in [-0.2, 0) is 9.53 Å². The van der Waals surface area contributed by atoms with Crippen molar-refractivity contribution in [2.24, 2.45) is 0 Å². The van der Waals surface area contributed by atoms with Crippen LogP contribution in [0.25, 0.3) is 0 Å². The third-order valence-electron chi connectivity index (χ3n) is 3.56. The lowest BCUT2D eigenvalue weighted by molar-refractivity contribution is -0.141. The molecule has 0 bridgehead atoms. The van der Waals surface area contributed by atoms with Crippen molar-refractivity contribution in [1.82, 2.24) is 4.90 Å². The average molecular weight is 227 g/mol. The smallest absolute Gasteiger partial charge is 0.251 e. The summed E-state index contributed by atoms with van der Waals surface area (Å²) in [4.78, 5) is 14.1. The predicted molar refractivity (Wildman–Crippen MR) is 60.0 cm³/mol. The number of rotatable bonds is 4. The van der Waals surface area contributed by atoms with Crippen LogP contribution in [0, 0.1) is 0 Å². The van der Waals surface area contributed by atoms with Crippen molar-refractivity contribution < 1.29 is 14.6 Å². The summed E-state index contributed by atoms with van der Waals surface area (Å²) in [5.74, 6) is 0.179. The van der Waals surface area contributed by atoms with Crippen molar-refractivity contribution in [3.8, 4) is 0 Å². The molecule has 2 fully saturated rings. The Morgan fingerprint density at radius 2 is 2.25 bits per heavy atom. The van der Waals surface area contributed by atoms with Gasteiger partial charge in [0.25, 0.3) is 5.91 Å². The first-order valence-electron chi connectivity index (χ1n) is 6.36. The maximum Gasteiger partial charge on any atom is 0.251 e. The number of carbonyl (C=O) groups is 1. The molecule has 2 atom stereocenters. The number of ether oxygens (including phenoxy) is 1. The molecule has 0 spiro atoms. The van der Waals surface area contributed by atoms with Gasteiger partial charge in [0.15, 0.2) is 0 Å². The SMILES string of the molecule is O=C(C1CCCO1)N1CCCC1CCCO. The minimum atomic E-state index is -0.185. The molecule has 2 aliphatic rings. The van der Waals surface area contributed by atoms with E-state index in [0.29, 0.717) is 6.04 Å². The number of amides is 1. The number of aliphatic hydroxyl groups excluding tert-OH is 1. The minimum Gasteiger partial charge on any atom is -0.396 e. The number of carbonyl (C=O) groups excluding carboxylic acids is 1. The summed E-state index contributed by atoms with van der Waals surface area (Å²) in [5.41, 5.74) is 0. The summed E-state index contributed by atoms with van der Waals surface area (Å²) < 4.78 is 5.44. The molecule has 0 radical (unpaired) electrons. The summed E-state index contributed by atoms with van der Waals surface area (Å²) >= 11 is 0. The first kappa shape index (κ1) is 11.9. The predicted octanol–water partition coefficient (Wildman–Crippen LogP) is 0.929. The third kappa shape index (κ3) is 2.55. The first-order valence-corrected chi connectivity index (χ1v) is 6.36. The normalized spacial score (nSPS) is 29.9. The van der Waals surface area contributed by atoms with Gasteiger partial charge in [0.05, 0.1) is 0 Å². The molecule has 0 aromatic carbocycles. The van der Waals surface area contributed by atoms with Gasteiger partial charge in [0, 0.05) is 25.8 Å². The van der Waals surface area contributed by atoms with E-state index in [1.165, 1.54) is 0 Å². The van der Waals surface area contributed by atoms with E-state index in [9.17, 15) is 4.79 Å². The average Bonchev–Trinajstić information content (AvgIpc) is 2.96. The molecule has 1 amide bonds. The number of nitrogens with zero attached hydrogens (tertiary/aromatic N) is 1. The molecular formula is C12H21NO3. The topological polar surface area (TPSA) is 49.8 Å². The van der Waals surface area contributed by atoms with Crippen molar-refractivity contribution in [3.05, 3.63) is 0 Å². The zero-order valence-electron chi connectivity index (χ0n) is 9.73. The highest BCUT2D eigenvalue weighted by molar-refractivity contribution is 5.81. The van der Waals surface area contributed by atoms with Crippen molar-refractivity contribution in [1.29, 1.82) is 0 Å². The maximum absolute atomic E-state index is 12.2. The molecule has 2 rings (SSSR count). The van der Waals surface area contributed by atoms with E-state index in [1.807, 2.05) is 4.90 Å². The zero-order chi connectivity index (χ0) is 11.4. The fraction of sp³-hybridized carbons (Fsp3) is 0.917. The van der Waals surface area contributed by atoms with Crippen LogP contribution in [-0.4, -0.2) is 47.8 Å². The number of likely N-dealkylation sites (tertiary alicyclic amines) is 1. The summed E-state index contributed by atoms with van der Waals surface area (Å²) in [6.45, 7) is 1.82. The number of hydrogen-bond acceptors (Lipinski definition) is 3. The largest absolute Gasteiger partial charge is 0.396 e. The van der Waals surface area contributed by atoms with Crippen LogP contribution in [0.2, 0.25) is 0 Å². The lowest BCUT2D eigenvalue weighted by Gasteiger charge is -2.26. The second kappa shape index (κ2) is 5.64. The summed E-state index contributed by atoms with van der Waals surface area (Å²) in [7, 11) is 0. The van der Waals surface area contributed by atoms with Gasteiger partial charge in [0.1, 0.15) is 6.10 Å². The lowest BCUT2D eigenvalue weighted by Crippen LogP contribution is -2.42. The monoisotopic (exact) mass is 227 g/mol. The molecule has 2 saturated heterocycles. The van der Waals surface area contributed by atoms with Gasteiger partial charge < -0.3 is 14.7 Å². The van der Waals surface area contributed by atoms with Crippen LogP contribution in [0.5, 0.6) is 0 Å². The molecule has 0 saturated carbocycles. The summed E-state index contributed by atoms with van der Waals surface area (Å²) in [6.07, 6.45) is 5.59. The van der Waals surface area contributed by atoms with E-state index in [4.69, 9.17) is 9.84 Å². The molecule has 2 aliphatic heterocycles. The Kier molecular flexibility index (Phi) is 4.18. The van der Waals surface area contributed by atoms with Crippen molar-refractivity contribution >= 4 is 5.91 Å². The molecule has 0 aromatic heterocycles. The fourth-order valence-corrected chi connectivity index (χ4v) is 2.71. The Labute approximate surface area is 96.6 Å². The van der Waals surface area contributed by atoms with E-state index in [1.54, 1.807) is 0 Å². The van der Waals surface area contributed by atoms with Crippen LogP contribution < -0.4 is 0 Å². The Bertz CT molecular complexity index is 238. The van der Waals surface area contributed by atoms with E-state index >= 15 is 0 Å². The molecule has 92 valence electrons. The van der Waals surface area contributed by atoms with Gasteiger partial charge in [-0.25, -0.2) is 0 Å². The van der Waals surface area contributed by atoms with Crippen LogP contribution >= 0.6 is 0 Å². The highest BCUT2D eigenvalue weighted by Gasteiger charge is 2.34. The Morgan fingerprint density at radius 1 is 1.38 bits per heavy atom. The molecule has 0 aromatic rings. The number of aliphatic hydroxyl groups is 1. The van der Waals surface area contributed by atoms with Gasteiger partial charge in [-0.05, 0) is 38.5 Å². The van der Waals surface area contributed by atoms with Crippen LogP contribution in [0.15, 0.2) is 0 Å². The van der Waals surface area contributed by atoms with E-state index in [-0.39, 0.29) is 18.6 Å². The number of hydrogen-bond donors (Lipinski definition) is 1. The molecular weight excluding hydrogens is 206 g/mol. The summed E-state index contributed by atoms with van der Waals surface area (Å²) in [6, 6.07) is 0.337. The summed E-state index contributed by atoms with van der Waals surface area (Å²) in [5, 5.41) is 8.83. The van der Waals surface area contributed by atoms with Crippen LogP contribution in [0.4, 0.5) is 0 Å². The Morgan fingerprint density at radius 3 is 2.94 bits per heavy atom. The van der Waals surface area contributed by atoms with Crippen molar-refractivity contribution in [2.75, 3.05) is 19.8 Å². The lowest BCUT2D eigenvalue weighted by atomic mass is 10.1. The van der Waals surface area contributed by atoms with Crippen molar-refractivity contribution in [3.63, 3.8) is 0 Å². The first-order chi connectivity index (χ1) is 7.83. The van der Waals surface area contributed by atoms with E-state index in [0.717, 1.165) is 51.7 Å². The quantitative estimate of drug-likeness (QED) is 0.777. The van der Waals surface area contributed by atoms with Gasteiger partial charge in [-0.2, -0.15) is 0 Å². The molecule has 2 heterocycles. The van der Waals surface area contributed by atoms with Gasteiger partial charge >= 0.3 is 0 Å². The second-order valence-corrected chi connectivity index (χ2v) is 4.70. The third-order valence-corrected chi connectivity index (χ3v) is 3.56. The Hall–Kier alpha value is -0.610. The Balaban J connectivity index is 1.88. The van der Waals surface area contributed by atoms with Crippen LogP contribution in [0.3, 0.4) is 0 Å². The zero-order valence-corrected chi connectivity index (χ0v) is 9.73. The van der Waals surface area contributed by atoms with Crippen molar-refractivity contribution in [2.45, 2.75) is 50.7 Å². The molecule has 16 heavy (non-hydrogen) atoms. The molecule has 4 heteroatoms. The van der Waals surface area contributed by atoms with Gasteiger partial charge in [-0.3, -0.25) is 4.79 Å². The maximum atomic E-state index is 12.2. The molecule has 4 nitrogen and oxygen atoms in total.